The third-order valence-electron chi connectivity index (χ3n) is 3.15. The topological polar surface area (TPSA) is 26.0 Å². The number of nitrogens with two attached hydrogens (primary N) is 1. The molecule has 0 aromatic heterocycles. The molecule has 2 N–H and O–H groups in total. The van der Waals surface area contributed by atoms with Gasteiger partial charge in [-0.15, -0.1) is 0 Å². The Hall–Kier alpha value is -0.300. The molecule has 4 atom stereocenters. The van der Waals surface area contributed by atoms with Gasteiger partial charge in [0.15, 0.2) is 0 Å². The van der Waals surface area contributed by atoms with Gasteiger partial charge >= 0.3 is 0 Å². The molecular weight excluding hydrogens is 146 g/mol. The van der Waals surface area contributed by atoms with Gasteiger partial charge in [-0.3, -0.25) is 0 Å². The lowest BCUT2D eigenvalue weighted by Gasteiger charge is -2.37. The SMILES string of the molecule is CC(C)C1C(C)C=CC(C)C1N. The Morgan fingerprint density at radius 2 is 1.58 bits per heavy atom. The van der Waals surface area contributed by atoms with Crippen LogP contribution in [-0.2, 0) is 0 Å². The molecule has 0 saturated heterocycles. The zero-order chi connectivity index (χ0) is 9.30. The van der Waals surface area contributed by atoms with E-state index in [9.17, 15) is 0 Å². The van der Waals surface area contributed by atoms with Crippen LogP contribution in [0.2, 0.25) is 0 Å². The molecule has 1 nitrogen and oxygen atoms in total. The van der Waals surface area contributed by atoms with Gasteiger partial charge in [0.1, 0.15) is 0 Å². The van der Waals surface area contributed by atoms with Crippen molar-refractivity contribution in [2.75, 3.05) is 0 Å². The first-order valence-corrected chi connectivity index (χ1v) is 4.98. The number of hydrogen-bond donors (Lipinski definition) is 1. The molecule has 0 saturated carbocycles. The first kappa shape index (κ1) is 9.79. The summed E-state index contributed by atoms with van der Waals surface area (Å²) < 4.78 is 0. The highest BCUT2D eigenvalue weighted by Gasteiger charge is 2.31. The van der Waals surface area contributed by atoms with Crippen LogP contribution in [0.4, 0.5) is 0 Å². The summed E-state index contributed by atoms with van der Waals surface area (Å²) in [5.41, 5.74) is 6.16. The van der Waals surface area contributed by atoms with Gasteiger partial charge in [0.05, 0.1) is 0 Å². The van der Waals surface area contributed by atoms with Crippen molar-refractivity contribution in [3.05, 3.63) is 12.2 Å². The Balaban J connectivity index is 2.77. The van der Waals surface area contributed by atoms with Gasteiger partial charge < -0.3 is 5.73 Å². The summed E-state index contributed by atoms with van der Waals surface area (Å²) in [5, 5.41) is 0. The quantitative estimate of drug-likeness (QED) is 0.596. The summed E-state index contributed by atoms with van der Waals surface area (Å²) in [6, 6.07) is 0.352. The van der Waals surface area contributed by atoms with Gasteiger partial charge in [0.2, 0.25) is 0 Å². The second-order valence-electron chi connectivity index (χ2n) is 4.50. The van der Waals surface area contributed by atoms with E-state index in [1.807, 2.05) is 0 Å². The van der Waals surface area contributed by atoms with Crippen LogP contribution in [0.25, 0.3) is 0 Å². The molecule has 0 radical (unpaired) electrons. The fourth-order valence-electron chi connectivity index (χ4n) is 2.36. The first-order chi connectivity index (χ1) is 5.54. The average Bonchev–Trinajstić information content (AvgIpc) is 1.97. The van der Waals surface area contributed by atoms with Gasteiger partial charge in [-0.25, -0.2) is 0 Å². The van der Waals surface area contributed by atoms with Crippen LogP contribution in [-0.4, -0.2) is 6.04 Å². The van der Waals surface area contributed by atoms with Crippen LogP contribution in [0.3, 0.4) is 0 Å². The van der Waals surface area contributed by atoms with E-state index in [0.29, 0.717) is 29.7 Å². The molecule has 1 aliphatic carbocycles. The predicted molar refractivity (Wildman–Crippen MR) is 53.8 cm³/mol. The summed E-state index contributed by atoms with van der Waals surface area (Å²) >= 11 is 0. The van der Waals surface area contributed by atoms with Crippen molar-refractivity contribution in [1.29, 1.82) is 0 Å². The summed E-state index contributed by atoms with van der Waals surface area (Å²) in [6.07, 6.45) is 4.58. The molecule has 0 amide bonds. The Labute approximate surface area is 76.0 Å². The molecule has 0 fully saturated rings. The third kappa shape index (κ3) is 1.71. The van der Waals surface area contributed by atoms with Crippen LogP contribution in [0.1, 0.15) is 27.7 Å². The van der Waals surface area contributed by atoms with Crippen LogP contribution >= 0.6 is 0 Å². The third-order valence-corrected chi connectivity index (χ3v) is 3.15. The molecule has 0 heterocycles. The zero-order valence-corrected chi connectivity index (χ0v) is 8.62. The lowest BCUT2D eigenvalue weighted by molar-refractivity contribution is 0.215. The van der Waals surface area contributed by atoms with E-state index < -0.39 is 0 Å². The minimum absolute atomic E-state index is 0.352. The van der Waals surface area contributed by atoms with Crippen molar-refractivity contribution >= 4 is 0 Å². The molecule has 1 heteroatoms. The maximum absolute atomic E-state index is 6.16. The average molecular weight is 167 g/mol. The van der Waals surface area contributed by atoms with E-state index in [-0.39, 0.29) is 0 Å². The highest BCUT2D eigenvalue weighted by atomic mass is 14.7. The van der Waals surface area contributed by atoms with E-state index in [0.717, 1.165) is 0 Å². The summed E-state index contributed by atoms with van der Waals surface area (Å²) in [5.74, 6) is 2.55. The van der Waals surface area contributed by atoms with Gasteiger partial charge in [0.25, 0.3) is 0 Å². The standard InChI is InChI=1S/C11H21N/c1-7(2)10-8(3)5-6-9(4)11(10)12/h5-11H,12H2,1-4H3. The van der Waals surface area contributed by atoms with Crippen molar-refractivity contribution in [3.63, 3.8) is 0 Å². The largest absolute Gasteiger partial charge is 0.327 e. The number of hydrogen-bond acceptors (Lipinski definition) is 1. The minimum Gasteiger partial charge on any atom is -0.327 e. The summed E-state index contributed by atoms with van der Waals surface area (Å²) in [6.45, 7) is 9.02. The van der Waals surface area contributed by atoms with E-state index in [2.05, 4.69) is 39.8 Å². The zero-order valence-electron chi connectivity index (χ0n) is 8.62. The molecule has 0 bridgehead atoms. The molecular formula is C11H21N. The van der Waals surface area contributed by atoms with E-state index in [1.54, 1.807) is 0 Å². The van der Waals surface area contributed by atoms with Crippen LogP contribution in [0.5, 0.6) is 0 Å². The second-order valence-corrected chi connectivity index (χ2v) is 4.50. The van der Waals surface area contributed by atoms with Gasteiger partial charge in [-0.2, -0.15) is 0 Å². The minimum atomic E-state index is 0.352. The van der Waals surface area contributed by atoms with Gasteiger partial charge in [-0.05, 0) is 23.7 Å². The first-order valence-electron chi connectivity index (χ1n) is 4.98. The molecule has 1 rings (SSSR count). The van der Waals surface area contributed by atoms with Gasteiger partial charge in [0, 0.05) is 6.04 Å². The fourth-order valence-corrected chi connectivity index (χ4v) is 2.36. The van der Waals surface area contributed by atoms with E-state index in [1.165, 1.54) is 0 Å². The maximum atomic E-state index is 6.16. The van der Waals surface area contributed by atoms with Crippen molar-refractivity contribution in [2.24, 2.45) is 29.4 Å². The molecule has 70 valence electrons. The van der Waals surface area contributed by atoms with Crippen molar-refractivity contribution in [3.8, 4) is 0 Å². The highest BCUT2D eigenvalue weighted by Crippen LogP contribution is 2.32. The Morgan fingerprint density at radius 3 is 2.00 bits per heavy atom. The summed E-state index contributed by atoms with van der Waals surface area (Å²) in [4.78, 5) is 0. The van der Waals surface area contributed by atoms with E-state index in [4.69, 9.17) is 5.73 Å². The molecule has 12 heavy (non-hydrogen) atoms. The van der Waals surface area contributed by atoms with Crippen LogP contribution < -0.4 is 5.73 Å². The normalized spacial score (nSPS) is 42.2. The van der Waals surface area contributed by atoms with Crippen LogP contribution in [0, 0.1) is 23.7 Å². The van der Waals surface area contributed by atoms with E-state index >= 15 is 0 Å². The summed E-state index contributed by atoms with van der Waals surface area (Å²) in [7, 11) is 0. The Bertz CT molecular complexity index is 172. The molecule has 0 aliphatic heterocycles. The number of allylic oxidation sites excluding steroid dienone is 1. The monoisotopic (exact) mass is 167 g/mol. The lowest BCUT2D eigenvalue weighted by Crippen LogP contribution is -2.43. The fraction of sp³-hybridized carbons (Fsp3) is 0.818. The van der Waals surface area contributed by atoms with Gasteiger partial charge in [-0.1, -0.05) is 39.8 Å². The number of rotatable bonds is 1. The van der Waals surface area contributed by atoms with Crippen molar-refractivity contribution in [2.45, 2.75) is 33.7 Å². The lowest BCUT2D eigenvalue weighted by atomic mass is 9.71. The second kappa shape index (κ2) is 3.61. The molecule has 0 aromatic rings. The molecule has 1 aliphatic rings. The molecule has 0 spiro atoms. The molecule has 0 aromatic carbocycles. The highest BCUT2D eigenvalue weighted by molar-refractivity contribution is 5.05. The maximum Gasteiger partial charge on any atom is 0.0136 e. The smallest absolute Gasteiger partial charge is 0.0136 e. The van der Waals surface area contributed by atoms with Crippen LogP contribution in [0.15, 0.2) is 12.2 Å². The molecule has 4 unspecified atom stereocenters. The predicted octanol–water partition coefficient (Wildman–Crippen LogP) is 2.43. The van der Waals surface area contributed by atoms with Crippen molar-refractivity contribution < 1.29 is 0 Å². The Kier molecular flexibility index (Phi) is 2.94. The van der Waals surface area contributed by atoms with Crippen molar-refractivity contribution in [1.82, 2.24) is 0 Å². The Morgan fingerprint density at radius 1 is 1.08 bits per heavy atom.